The van der Waals surface area contributed by atoms with E-state index in [4.69, 9.17) is 0 Å². The lowest BCUT2D eigenvalue weighted by atomic mass is 10.0. The molecule has 1 saturated heterocycles. The number of rotatable bonds is 4. The first-order chi connectivity index (χ1) is 13.4. The standard InChI is InChI=1S/C19H20FN3O4S/c20-16-11-5-4-10-15(16)18(24)21-22-19(25)17-12-6-7-13-23(17)28(26,27)14-8-2-1-3-9-14/h1-5,8-11,17H,6-7,12-13H2,(H,21,24)(H,22,25). The van der Waals surface area contributed by atoms with Crippen molar-refractivity contribution in [3.63, 3.8) is 0 Å². The van der Waals surface area contributed by atoms with Gasteiger partial charge in [0.1, 0.15) is 11.9 Å². The third-order valence-corrected chi connectivity index (χ3v) is 6.45. The van der Waals surface area contributed by atoms with Gasteiger partial charge in [-0.3, -0.25) is 20.4 Å². The van der Waals surface area contributed by atoms with E-state index in [0.29, 0.717) is 19.3 Å². The number of sulfonamides is 1. The lowest BCUT2D eigenvalue weighted by molar-refractivity contribution is -0.126. The molecule has 9 heteroatoms. The minimum absolute atomic E-state index is 0.102. The van der Waals surface area contributed by atoms with Crippen molar-refractivity contribution in [2.24, 2.45) is 0 Å². The van der Waals surface area contributed by atoms with Crippen molar-refractivity contribution in [3.8, 4) is 0 Å². The Labute approximate surface area is 162 Å². The van der Waals surface area contributed by atoms with Crippen LogP contribution in [0.15, 0.2) is 59.5 Å². The van der Waals surface area contributed by atoms with Gasteiger partial charge in [0.2, 0.25) is 10.0 Å². The third kappa shape index (κ3) is 4.20. The highest BCUT2D eigenvalue weighted by Gasteiger charge is 2.37. The fourth-order valence-electron chi connectivity index (χ4n) is 3.10. The lowest BCUT2D eigenvalue weighted by Crippen LogP contribution is -2.55. The summed E-state index contributed by atoms with van der Waals surface area (Å²) in [7, 11) is -3.85. The zero-order chi connectivity index (χ0) is 20.1. The number of hydrogen-bond acceptors (Lipinski definition) is 4. The summed E-state index contributed by atoms with van der Waals surface area (Å²) < 4.78 is 40.6. The van der Waals surface area contributed by atoms with Crippen molar-refractivity contribution in [2.45, 2.75) is 30.2 Å². The summed E-state index contributed by atoms with van der Waals surface area (Å²) in [4.78, 5) is 24.7. The number of benzene rings is 2. The predicted molar refractivity (Wildman–Crippen MR) is 100.0 cm³/mol. The maximum atomic E-state index is 13.7. The molecule has 2 aromatic rings. The highest BCUT2D eigenvalue weighted by Crippen LogP contribution is 2.25. The zero-order valence-corrected chi connectivity index (χ0v) is 15.8. The van der Waals surface area contributed by atoms with Crippen LogP contribution >= 0.6 is 0 Å². The Morgan fingerprint density at radius 2 is 1.64 bits per heavy atom. The molecule has 3 rings (SSSR count). The number of piperidine rings is 1. The van der Waals surface area contributed by atoms with Crippen LogP contribution in [-0.2, 0) is 14.8 Å². The van der Waals surface area contributed by atoms with Gasteiger partial charge in [-0.25, -0.2) is 12.8 Å². The molecule has 0 radical (unpaired) electrons. The molecular weight excluding hydrogens is 385 g/mol. The number of hydrazine groups is 1. The summed E-state index contributed by atoms with van der Waals surface area (Å²) in [5.41, 5.74) is 4.15. The Morgan fingerprint density at radius 3 is 2.36 bits per heavy atom. The van der Waals surface area contributed by atoms with Crippen LogP contribution < -0.4 is 10.9 Å². The molecule has 0 saturated carbocycles. The van der Waals surface area contributed by atoms with Gasteiger partial charge in [-0.1, -0.05) is 36.8 Å². The molecule has 1 atom stereocenters. The van der Waals surface area contributed by atoms with Gasteiger partial charge in [0, 0.05) is 6.54 Å². The van der Waals surface area contributed by atoms with Crippen LogP contribution in [0.2, 0.25) is 0 Å². The number of amides is 2. The summed E-state index contributed by atoms with van der Waals surface area (Å²) >= 11 is 0. The Balaban J connectivity index is 1.72. The number of carbonyl (C=O) groups is 2. The van der Waals surface area contributed by atoms with Crippen molar-refractivity contribution >= 4 is 21.8 Å². The Bertz CT molecular complexity index is 966. The van der Waals surface area contributed by atoms with E-state index in [-0.39, 0.29) is 17.0 Å². The van der Waals surface area contributed by atoms with Gasteiger partial charge in [0.25, 0.3) is 11.8 Å². The second-order valence-corrected chi connectivity index (χ2v) is 8.25. The molecule has 0 spiro atoms. The molecule has 1 unspecified atom stereocenters. The molecule has 0 aromatic heterocycles. The van der Waals surface area contributed by atoms with Crippen LogP contribution in [0.4, 0.5) is 4.39 Å². The van der Waals surface area contributed by atoms with Gasteiger partial charge in [0.05, 0.1) is 10.5 Å². The number of nitrogens with zero attached hydrogens (tertiary/aromatic N) is 1. The summed E-state index contributed by atoms with van der Waals surface area (Å²) in [5.74, 6) is -2.20. The van der Waals surface area contributed by atoms with Gasteiger partial charge in [-0.15, -0.1) is 0 Å². The molecule has 0 aliphatic carbocycles. The summed E-state index contributed by atoms with van der Waals surface area (Å²) in [5, 5.41) is 0. The van der Waals surface area contributed by atoms with Crippen molar-refractivity contribution in [1.29, 1.82) is 0 Å². The zero-order valence-electron chi connectivity index (χ0n) is 15.0. The van der Waals surface area contributed by atoms with Crippen LogP contribution in [0.1, 0.15) is 29.6 Å². The van der Waals surface area contributed by atoms with Crippen molar-refractivity contribution in [1.82, 2.24) is 15.2 Å². The second kappa shape index (κ2) is 8.49. The highest BCUT2D eigenvalue weighted by molar-refractivity contribution is 7.89. The van der Waals surface area contributed by atoms with Crippen molar-refractivity contribution in [2.75, 3.05) is 6.54 Å². The first-order valence-corrected chi connectivity index (χ1v) is 10.3. The fourth-order valence-corrected chi connectivity index (χ4v) is 4.77. The van der Waals surface area contributed by atoms with Gasteiger partial charge >= 0.3 is 0 Å². The van der Waals surface area contributed by atoms with Gasteiger partial charge < -0.3 is 0 Å². The molecule has 1 aliphatic rings. The van der Waals surface area contributed by atoms with Crippen LogP contribution in [0, 0.1) is 5.82 Å². The van der Waals surface area contributed by atoms with E-state index in [1.165, 1.54) is 30.3 Å². The first-order valence-electron chi connectivity index (χ1n) is 8.83. The van der Waals surface area contributed by atoms with E-state index in [2.05, 4.69) is 10.9 Å². The van der Waals surface area contributed by atoms with Crippen LogP contribution in [0.3, 0.4) is 0 Å². The molecule has 148 valence electrons. The smallest absolute Gasteiger partial charge is 0.271 e. The predicted octanol–water partition coefficient (Wildman–Crippen LogP) is 1.83. The number of halogens is 1. The molecule has 7 nitrogen and oxygen atoms in total. The number of nitrogens with one attached hydrogen (secondary N) is 2. The molecule has 1 heterocycles. The summed E-state index contributed by atoms with van der Waals surface area (Å²) in [6, 6.07) is 12.3. The minimum atomic E-state index is -3.85. The van der Waals surface area contributed by atoms with E-state index in [0.717, 1.165) is 10.4 Å². The van der Waals surface area contributed by atoms with Crippen molar-refractivity contribution in [3.05, 3.63) is 66.0 Å². The molecule has 2 amide bonds. The van der Waals surface area contributed by atoms with Gasteiger partial charge in [-0.2, -0.15) is 4.31 Å². The average Bonchev–Trinajstić information content (AvgIpc) is 2.72. The Kier molecular flexibility index (Phi) is 6.05. The van der Waals surface area contributed by atoms with Gasteiger partial charge in [0.15, 0.2) is 0 Å². The average molecular weight is 405 g/mol. The third-order valence-electron chi connectivity index (χ3n) is 4.52. The molecule has 1 aliphatic heterocycles. The molecular formula is C19H20FN3O4S. The summed E-state index contributed by atoms with van der Waals surface area (Å²) in [6.45, 7) is 0.205. The van der Waals surface area contributed by atoms with E-state index >= 15 is 0 Å². The fraction of sp³-hybridized carbons (Fsp3) is 0.263. The molecule has 28 heavy (non-hydrogen) atoms. The van der Waals surface area contributed by atoms with E-state index in [1.807, 2.05) is 0 Å². The van der Waals surface area contributed by atoms with Crippen molar-refractivity contribution < 1.29 is 22.4 Å². The van der Waals surface area contributed by atoms with Crippen LogP contribution in [-0.4, -0.2) is 37.1 Å². The maximum absolute atomic E-state index is 13.7. The SMILES string of the molecule is O=C(NNC(=O)C1CCCCN1S(=O)(=O)c1ccccc1)c1ccccc1F. The quantitative estimate of drug-likeness (QED) is 0.759. The van der Waals surface area contributed by atoms with Crippen LogP contribution in [0.25, 0.3) is 0 Å². The van der Waals surface area contributed by atoms with Crippen LogP contribution in [0.5, 0.6) is 0 Å². The largest absolute Gasteiger partial charge is 0.272 e. The highest BCUT2D eigenvalue weighted by atomic mass is 32.2. The Hall–Kier alpha value is -2.78. The number of hydrogen-bond donors (Lipinski definition) is 2. The monoisotopic (exact) mass is 405 g/mol. The Morgan fingerprint density at radius 1 is 0.964 bits per heavy atom. The second-order valence-electron chi connectivity index (χ2n) is 6.36. The maximum Gasteiger partial charge on any atom is 0.272 e. The number of carbonyl (C=O) groups excluding carboxylic acids is 2. The summed E-state index contributed by atoms with van der Waals surface area (Å²) in [6.07, 6.45) is 1.64. The van der Waals surface area contributed by atoms with E-state index < -0.39 is 33.7 Å². The molecule has 2 aromatic carbocycles. The molecule has 2 N–H and O–H groups in total. The van der Waals surface area contributed by atoms with E-state index in [1.54, 1.807) is 18.2 Å². The minimum Gasteiger partial charge on any atom is -0.271 e. The van der Waals surface area contributed by atoms with E-state index in [9.17, 15) is 22.4 Å². The van der Waals surface area contributed by atoms with Gasteiger partial charge in [-0.05, 0) is 37.1 Å². The normalized spacial score (nSPS) is 17.7. The molecule has 1 fully saturated rings. The lowest BCUT2D eigenvalue weighted by Gasteiger charge is -2.33. The topological polar surface area (TPSA) is 95.6 Å². The first kappa shape index (κ1) is 20.0. The molecule has 0 bridgehead atoms.